The summed E-state index contributed by atoms with van der Waals surface area (Å²) >= 11 is 1.55. The zero-order valence-electron chi connectivity index (χ0n) is 6.62. The molecule has 4 heteroatoms. The standard InChI is InChI=1S/C8H10N2OS/c9-7(11)6-4-12-8(10-6)5-2-1-3-5/h4-5H,1-3H2,(H2,9,11). The quantitative estimate of drug-likeness (QED) is 0.753. The number of primary amides is 1. The first-order valence-electron chi connectivity index (χ1n) is 4.02. The summed E-state index contributed by atoms with van der Waals surface area (Å²) in [5.74, 6) is 0.180. The van der Waals surface area contributed by atoms with Crippen molar-refractivity contribution in [3.8, 4) is 0 Å². The first-order valence-corrected chi connectivity index (χ1v) is 4.90. The Bertz CT molecular complexity index is 304. The highest BCUT2D eigenvalue weighted by molar-refractivity contribution is 7.09. The molecule has 0 aromatic carbocycles. The number of thiazole rings is 1. The first-order chi connectivity index (χ1) is 5.77. The third-order valence-corrected chi connectivity index (χ3v) is 3.24. The third-order valence-electron chi connectivity index (χ3n) is 2.23. The van der Waals surface area contributed by atoms with Crippen LogP contribution in [0.1, 0.15) is 40.7 Å². The summed E-state index contributed by atoms with van der Waals surface area (Å²) in [4.78, 5) is 14.9. The summed E-state index contributed by atoms with van der Waals surface area (Å²) in [6.45, 7) is 0. The molecule has 3 nitrogen and oxygen atoms in total. The second-order valence-electron chi connectivity index (χ2n) is 3.06. The molecule has 0 aliphatic heterocycles. The Kier molecular flexibility index (Phi) is 1.84. The summed E-state index contributed by atoms with van der Waals surface area (Å²) in [5, 5.41) is 2.82. The molecular weight excluding hydrogens is 172 g/mol. The molecule has 1 heterocycles. The molecule has 0 saturated heterocycles. The van der Waals surface area contributed by atoms with Gasteiger partial charge in [-0.3, -0.25) is 4.79 Å². The van der Waals surface area contributed by atoms with Crippen LogP contribution in [0.4, 0.5) is 0 Å². The number of hydrogen-bond acceptors (Lipinski definition) is 3. The predicted octanol–water partition coefficient (Wildman–Crippen LogP) is 1.51. The van der Waals surface area contributed by atoms with Gasteiger partial charge in [-0.05, 0) is 12.8 Å². The van der Waals surface area contributed by atoms with E-state index >= 15 is 0 Å². The van der Waals surface area contributed by atoms with Crippen molar-refractivity contribution in [2.75, 3.05) is 0 Å². The third kappa shape index (κ3) is 1.22. The topological polar surface area (TPSA) is 56.0 Å². The fraction of sp³-hybridized carbons (Fsp3) is 0.500. The minimum Gasteiger partial charge on any atom is -0.364 e. The minimum atomic E-state index is -0.420. The van der Waals surface area contributed by atoms with Gasteiger partial charge < -0.3 is 5.73 Å². The van der Waals surface area contributed by atoms with E-state index in [2.05, 4.69) is 4.98 Å². The second-order valence-corrected chi connectivity index (χ2v) is 3.95. The Balaban J connectivity index is 2.17. The van der Waals surface area contributed by atoms with Crippen LogP contribution in [0.15, 0.2) is 5.38 Å². The molecule has 0 bridgehead atoms. The molecule has 1 aromatic rings. The van der Waals surface area contributed by atoms with E-state index in [1.807, 2.05) is 0 Å². The first kappa shape index (κ1) is 7.73. The largest absolute Gasteiger partial charge is 0.364 e. The maximum Gasteiger partial charge on any atom is 0.268 e. The van der Waals surface area contributed by atoms with Gasteiger partial charge in [-0.2, -0.15) is 0 Å². The van der Waals surface area contributed by atoms with Crippen molar-refractivity contribution in [3.63, 3.8) is 0 Å². The smallest absolute Gasteiger partial charge is 0.268 e. The normalized spacial score (nSPS) is 17.3. The van der Waals surface area contributed by atoms with Gasteiger partial charge in [-0.15, -0.1) is 11.3 Å². The van der Waals surface area contributed by atoms with Gasteiger partial charge in [0.2, 0.25) is 0 Å². The zero-order chi connectivity index (χ0) is 8.55. The van der Waals surface area contributed by atoms with E-state index in [1.54, 1.807) is 16.7 Å². The lowest BCUT2D eigenvalue weighted by Gasteiger charge is -2.22. The number of rotatable bonds is 2. The molecule has 1 aromatic heterocycles. The number of amides is 1. The van der Waals surface area contributed by atoms with Gasteiger partial charge in [0.15, 0.2) is 0 Å². The van der Waals surface area contributed by atoms with Crippen molar-refractivity contribution >= 4 is 17.2 Å². The molecule has 0 spiro atoms. The fourth-order valence-corrected chi connectivity index (χ4v) is 2.22. The lowest BCUT2D eigenvalue weighted by molar-refractivity contribution is 0.0996. The average molecular weight is 182 g/mol. The average Bonchev–Trinajstić information content (AvgIpc) is 2.32. The maximum atomic E-state index is 10.7. The fourth-order valence-electron chi connectivity index (χ4n) is 1.24. The number of carbonyl (C=O) groups is 1. The molecule has 1 amide bonds. The molecule has 1 aliphatic carbocycles. The Morgan fingerprint density at radius 2 is 2.42 bits per heavy atom. The van der Waals surface area contributed by atoms with Crippen LogP contribution in [0, 0.1) is 0 Å². The molecule has 0 radical (unpaired) electrons. The monoisotopic (exact) mass is 182 g/mol. The molecule has 2 rings (SSSR count). The van der Waals surface area contributed by atoms with Crippen molar-refractivity contribution in [1.29, 1.82) is 0 Å². The van der Waals surface area contributed by atoms with Crippen molar-refractivity contribution in [2.24, 2.45) is 5.73 Å². The number of nitrogens with two attached hydrogens (primary N) is 1. The SMILES string of the molecule is NC(=O)c1csc(C2CCC2)n1. The predicted molar refractivity (Wildman–Crippen MR) is 47.2 cm³/mol. The molecule has 64 valence electrons. The molecule has 0 unspecified atom stereocenters. The summed E-state index contributed by atoms with van der Waals surface area (Å²) in [6, 6.07) is 0. The summed E-state index contributed by atoms with van der Waals surface area (Å²) < 4.78 is 0. The number of aromatic nitrogens is 1. The minimum absolute atomic E-state index is 0.418. The second kappa shape index (κ2) is 2.86. The molecular formula is C8H10N2OS. The Morgan fingerprint density at radius 1 is 1.67 bits per heavy atom. The van der Waals surface area contributed by atoms with Gasteiger partial charge in [-0.1, -0.05) is 6.42 Å². The Morgan fingerprint density at radius 3 is 2.83 bits per heavy atom. The van der Waals surface area contributed by atoms with Gasteiger partial charge in [0.05, 0.1) is 5.01 Å². The van der Waals surface area contributed by atoms with Gasteiger partial charge >= 0.3 is 0 Å². The summed E-state index contributed by atoms with van der Waals surface area (Å²) in [6.07, 6.45) is 3.72. The van der Waals surface area contributed by atoms with E-state index in [4.69, 9.17) is 5.73 Å². The highest BCUT2D eigenvalue weighted by Gasteiger charge is 2.23. The van der Waals surface area contributed by atoms with Crippen LogP contribution in [0.5, 0.6) is 0 Å². The van der Waals surface area contributed by atoms with E-state index < -0.39 is 5.91 Å². The Labute approximate surface area is 74.6 Å². The van der Waals surface area contributed by atoms with Gasteiger partial charge in [-0.25, -0.2) is 4.98 Å². The van der Waals surface area contributed by atoms with E-state index in [0.717, 1.165) is 5.01 Å². The van der Waals surface area contributed by atoms with Crippen molar-refractivity contribution in [3.05, 3.63) is 16.1 Å². The van der Waals surface area contributed by atoms with E-state index in [9.17, 15) is 4.79 Å². The molecule has 2 N–H and O–H groups in total. The molecule has 1 saturated carbocycles. The van der Waals surface area contributed by atoms with E-state index in [0.29, 0.717) is 11.6 Å². The number of nitrogens with zero attached hydrogens (tertiary/aromatic N) is 1. The molecule has 12 heavy (non-hydrogen) atoms. The van der Waals surface area contributed by atoms with Crippen molar-refractivity contribution < 1.29 is 4.79 Å². The van der Waals surface area contributed by atoms with Crippen LogP contribution in [0.2, 0.25) is 0 Å². The highest BCUT2D eigenvalue weighted by atomic mass is 32.1. The van der Waals surface area contributed by atoms with Crippen LogP contribution >= 0.6 is 11.3 Å². The van der Waals surface area contributed by atoms with Crippen LogP contribution in [-0.2, 0) is 0 Å². The number of carbonyl (C=O) groups excluding carboxylic acids is 1. The summed E-state index contributed by atoms with van der Waals surface area (Å²) in [7, 11) is 0. The van der Waals surface area contributed by atoms with E-state index in [1.165, 1.54) is 19.3 Å². The molecule has 1 aliphatic rings. The van der Waals surface area contributed by atoms with Crippen molar-refractivity contribution in [1.82, 2.24) is 4.98 Å². The van der Waals surface area contributed by atoms with Gasteiger partial charge in [0, 0.05) is 11.3 Å². The lowest BCUT2D eigenvalue weighted by atomic mass is 9.86. The zero-order valence-corrected chi connectivity index (χ0v) is 7.43. The van der Waals surface area contributed by atoms with Gasteiger partial charge in [0.1, 0.15) is 5.69 Å². The molecule has 1 fully saturated rings. The highest BCUT2D eigenvalue weighted by Crippen LogP contribution is 2.37. The maximum absolute atomic E-state index is 10.7. The Hall–Kier alpha value is -0.900. The van der Waals surface area contributed by atoms with Crippen LogP contribution in [-0.4, -0.2) is 10.9 Å². The summed E-state index contributed by atoms with van der Waals surface area (Å²) in [5.41, 5.74) is 5.51. The molecule has 0 atom stereocenters. The van der Waals surface area contributed by atoms with Crippen molar-refractivity contribution in [2.45, 2.75) is 25.2 Å². The number of hydrogen-bond donors (Lipinski definition) is 1. The van der Waals surface area contributed by atoms with Crippen LogP contribution in [0.25, 0.3) is 0 Å². The van der Waals surface area contributed by atoms with E-state index in [-0.39, 0.29) is 0 Å². The van der Waals surface area contributed by atoms with Gasteiger partial charge in [0.25, 0.3) is 5.91 Å². The lowest BCUT2D eigenvalue weighted by Crippen LogP contribution is -2.13. The van der Waals surface area contributed by atoms with Crippen LogP contribution < -0.4 is 5.73 Å². The van der Waals surface area contributed by atoms with Crippen LogP contribution in [0.3, 0.4) is 0 Å².